The Morgan fingerprint density at radius 1 is 1.33 bits per heavy atom. The second kappa shape index (κ2) is 6.66. The summed E-state index contributed by atoms with van der Waals surface area (Å²) in [5.74, 6) is -3.99. The minimum Gasteiger partial charge on any atom is -0.481 e. The van der Waals surface area contributed by atoms with Crippen LogP contribution < -0.4 is 5.32 Å². The number of carboxylic acids is 2. The summed E-state index contributed by atoms with van der Waals surface area (Å²) in [6.45, 7) is 0. The summed E-state index contributed by atoms with van der Waals surface area (Å²) in [4.78, 5) is 43.1. The van der Waals surface area contributed by atoms with Crippen molar-refractivity contribution >= 4 is 35.1 Å². The number of nitrogens with zero attached hydrogens (tertiary/aromatic N) is 1. The van der Waals surface area contributed by atoms with Crippen molar-refractivity contribution in [2.24, 2.45) is 0 Å². The van der Waals surface area contributed by atoms with Crippen molar-refractivity contribution in [3.05, 3.63) is 38.9 Å². The fourth-order valence-corrected chi connectivity index (χ4v) is 1.73. The number of carbonyl (C=O) groups is 3. The topological polar surface area (TPSA) is 147 Å². The highest BCUT2D eigenvalue weighted by Crippen LogP contribution is 2.27. The lowest BCUT2D eigenvalue weighted by molar-refractivity contribution is -0.384. The van der Waals surface area contributed by atoms with E-state index >= 15 is 0 Å². The van der Waals surface area contributed by atoms with E-state index in [0.29, 0.717) is 0 Å². The third-order valence-electron chi connectivity index (χ3n) is 2.40. The second-order valence-electron chi connectivity index (χ2n) is 3.86. The van der Waals surface area contributed by atoms with Crippen molar-refractivity contribution in [2.75, 3.05) is 0 Å². The van der Waals surface area contributed by atoms with Crippen molar-refractivity contribution in [3.63, 3.8) is 0 Å². The Labute approximate surface area is 122 Å². The second-order valence-corrected chi connectivity index (χ2v) is 4.24. The van der Waals surface area contributed by atoms with Gasteiger partial charge >= 0.3 is 11.9 Å². The predicted octanol–water partition coefficient (Wildman–Crippen LogP) is 0.906. The molecule has 3 N–H and O–H groups in total. The number of nitro groups is 1. The molecule has 1 rings (SSSR count). The molecule has 0 aliphatic carbocycles. The first kappa shape index (κ1) is 16.4. The van der Waals surface area contributed by atoms with Gasteiger partial charge in [-0.25, -0.2) is 4.79 Å². The van der Waals surface area contributed by atoms with Gasteiger partial charge in [-0.3, -0.25) is 19.7 Å². The first-order valence-electron chi connectivity index (χ1n) is 5.42. The fourth-order valence-electron chi connectivity index (χ4n) is 1.45. The zero-order valence-corrected chi connectivity index (χ0v) is 11.0. The summed E-state index contributed by atoms with van der Waals surface area (Å²) in [5, 5.41) is 29.5. The molecule has 10 heteroatoms. The molecule has 112 valence electrons. The van der Waals surface area contributed by atoms with E-state index in [0.717, 1.165) is 12.1 Å². The number of nitro benzene ring substituents is 1. The van der Waals surface area contributed by atoms with Crippen LogP contribution in [0.25, 0.3) is 0 Å². The number of halogens is 1. The van der Waals surface area contributed by atoms with E-state index in [9.17, 15) is 24.5 Å². The van der Waals surface area contributed by atoms with Crippen molar-refractivity contribution in [1.82, 2.24) is 5.32 Å². The highest BCUT2D eigenvalue weighted by atomic mass is 35.5. The lowest BCUT2D eigenvalue weighted by atomic mass is 10.1. The van der Waals surface area contributed by atoms with Crippen LogP contribution in [0.15, 0.2) is 18.2 Å². The third-order valence-corrected chi connectivity index (χ3v) is 2.80. The summed E-state index contributed by atoms with van der Waals surface area (Å²) in [6.07, 6.45) is -0.840. The summed E-state index contributed by atoms with van der Waals surface area (Å²) in [6, 6.07) is 1.76. The first-order chi connectivity index (χ1) is 9.73. The van der Waals surface area contributed by atoms with E-state index in [2.05, 4.69) is 0 Å². The molecule has 1 aromatic rings. The quantitative estimate of drug-likeness (QED) is 0.521. The number of amides is 1. The number of carbonyl (C=O) groups excluding carboxylic acids is 1. The number of hydrogen-bond acceptors (Lipinski definition) is 5. The molecule has 1 aromatic carbocycles. The van der Waals surface area contributed by atoms with Crippen LogP contribution in [0.4, 0.5) is 5.69 Å². The van der Waals surface area contributed by atoms with Crippen molar-refractivity contribution < 1.29 is 29.5 Å². The smallest absolute Gasteiger partial charge is 0.326 e. The van der Waals surface area contributed by atoms with Crippen LogP contribution >= 0.6 is 11.6 Å². The van der Waals surface area contributed by atoms with Gasteiger partial charge in [-0.2, -0.15) is 0 Å². The summed E-state index contributed by atoms with van der Waals surface area (Å²) < 4.78 is 0. The van der Waals surface area contributed by atoms with Crippen molar-refractivity contribution in [2.45, 2.75) is 12.5 Å². The average molecular weight is 317 g/mol. The molecule has 0 bridgehead atoms. The minimum atomic E-state index is -1.68. The molecule has 0 aromatic heterocycles. The van der Waals surface area contributed by atoms with E-state index in [-0.39, 0.29) is 5.56 Å². The van der Waals surface area contributed by atoms with Gasteiger partial charge in [0.25, 0.3) is 11.6 Å². The van der Waals surface area contributed by atoms with Gasteiger partial charge in [0.2, 0.25) is 0 Å². The van der Waals surface area contributed by atoms with Crippen LogP contribution in [-0.2, 0) is 9.59 Å². The Morgan fingerprint density at radius 2 is 1.95 bits per heavy atom. The Bertz CT molecular complexity index is 617. The minimum absolute atomic E-state index is 0.317. The maximum absolute atomic E-state index is 11.9. The molecule has 0 aliphatic heterocycles. The van der Waals surface area contributed by atoms with Gasteiger partial charge in [0.05, 0.1) is 16.9 Å². The molecule has 21 heavy (non-hydrogen) atoms. The lowest BCUT2D eigenvalue weighted by Crippen LogP contribution is -2.42. The first-order valence-corrected chi connectivity index (χ1v) is 5.80. The molecule has 0 aliphatic rings. The molecule has 9 nitrogen and oxygen atoms in total. The Morgan fingerprint density at radius 3 is 2.43 bits per heavy atom. The van der Waals surface area contributed by atoms with Gasteiger partial charge in [0, 0.05) is 6.07 Å². The normalized spacial score (nSPS) is 11.5. The van der Waals surface area contributed by atoms with E-state index in [1.807, 2.05) is 5.32 Å². The number of carboxylic acid groups (broad SMARTS) is 2. The zero-order chi connectivity index (χ0) is 16.2. The Balaban J connectivity index is 3.03. The van der Waals surface area contributed by atoms with Gasteiger partial charge in [-0.15, -0.1) is 0 Å². The van der Waals surface area contributed by atoms with E-state index in [4.69, 9.17) is 21.8 Å². The Hall–Kier alpha value is -2.68. The molecular weight excluding hydrogens is 308 g/mol. The van der Waals surface area contributed by atoms with Crippen molar-refractivity contribution in [1.29, 1.82) is 0 Å². The number of rotatable bonds is 6. The molecular formula is C11H9ClN2O7. The molecule has 0 saturated carbocycles. The molecule has 1 unspecified atom stereocenters. The Kier molecular flexibility index (Phi) is 5.19. The molecule has 1 amide bonds. The van der Waals surface area contributed by atoms with Gasteiger partial charge in [-0.1, -0.05) is 17.7 Å². The standard InChI is InChI=1S/C11H9ClN2O7/c12-9-5(2-1-3-7(9)14(20)21)10(17)13-6(11(18)19)4-8(15)16/h1-3,6H,4H2,(H,13,17)(H,15,16)(H,18,19). The van der Waals surface area contributed by atoms with Crippen LogP contribution in [0.2, 0.25) is 5.02 Å². The zero-order valence-electron chi connectivity index (χ0n) is 10.3. The fraction of sp³-hybridized carbons (Fsp3) is 0.182. The molecule has 0 heterocycles. The maximum Gasteiger partial charge on any atom is 0.326 e. The van der Waals surface area contributed by atoms with Gasteiger partial charge in [0.1, 0.15) is 11.1 Å². The molecule has 0 spiro atoms. The van der Waals surface area contributed by atoms with E-state index in [1.54, 1.807) is 0 Å². The maximum atomic E-state index is 11.9. The van der Waals surface area contributed by atoms with Gasteiger partial charge < -0.3 is 15.5 Å². The summed E-state index contributed by atoms with van der Waals surface area (Å²) >= 11 is 5.70. The highest BCUT2D eigenvalue weighted by molar-refractivity contribution is 6.35. The number of nitrogens with one attached hydrogen (secondary N) is 1. The molecule has 0 radical (unpaired) electrons. The number of benzene rings is 1. The van der Waals surface area contributed by atoms with Crippen molar-refractivity contribution in [3.8, 4) is 0 Å². The summed E-state index contributed by atoms with van der Waals surface area (Å²) in [5.41, 5.74) is -0.836. The third kappa shape index (κ3) is 4.14. The number of hydrogen-bond donors (Lipinski definition) is 3. The lowest BCUT2D eigenvalue weighted by Gasteiger charge is -2.13. The SMILES string of the molecule is O=C(O)CC(NC(=O)c1cccc([N+](=O)[O-])c1Cl)C(=O)O. The van der Waals surface area contributed by atoms with Crippen LogP contribution in [0.5, 0.6) is 0 Å². The van der Waals surface area contributed by atoms with E-state index in [1.165, 1.54) is 6.07 Å². The largest absolute Gasteiger partial charge is 0.481 e. The van der Waals surface area contributed by atoms with Crippen LogP contribution in [0.3, 0.4) is 0 Å². The van der Waals surface area contributed by atoms with Gasteiger partial charge in [-0.05, 0) is 6.07 Å². The summed E-state index contributed by atoms with van der Waals surface area (Å²) in [7, 11) is 0. The van der Waals surface area contributed by atoms with Crippen LogP contribution in [-0.4, -0.2) is 39.0 Å². The molecule has 1 atom stereocenters. The average Bonchev–Trinajstić information content (AvgIpc) is 2.36. The number of aliphatic carboxylic acids is 2. The van der Waals surface area contributed by atoms with Crippen LogP contribution in [0.1, 0.15) is 16.8 Å². The highest BCUT2D eigenvalue weighted by Gasteiger charge is 2.26. The predicted molar refractivity (Wildman–Crippen MR) is 69.2 cm³/mol. The van der Waals surface area contributed by atoms with Gasteiger partial charge in [0.15, 0.2) is 0 Å². The monoisotopic (exact) mass is 316 g/mol. The van der Waals surface area contributed by atoms with Crippen LogP contribution in [0, 0.1) is 10.1 Å². The molecule has 0 saturated heterocycles. The molecule has 0 fully saturated rings. The van der Waals surface area contributed by atoms with E-state index < -0.39 is 45.9 Å².